The van der Waals surface area contributed by atoms with Gasteiger partial charge in [0.1, 0.15) is 0 Å². The smallest absolute Gasteiger partial charge is 0.289 e. The van der Waals surface area contributed by atoms with Crippen molar-refractivity contribution in [2.24, 2.45) is 0 Å². The molecule has 1 aromatic rings. The maximum absolute atomic E-state index is 11.4. The van der Waals surface area contributed by atoms with Gasteiger partial charge in [-0.3, -0.25) is 10.2 Å². The molecule has 6 heteroatoms. The Kier molecular flexibility index (Phi) is 4.01. The van der Waals surface area contributed by atoms with Gasteiger partial charge in [0.25, 0.3) is 0 Å². The van der Waals surface area contributed by atoms with E-state index >= 15 is 0 Å². The van der Waals surface area contributed by atoms with Gasteiger partial charge in [-0.05, 0) is 12.1 Å². The van der Waals surface area contributed by atoms with Crippen molar-refractivity contribution >= 4 is 11.8 Å². The zero-order valence-electron chi connectivity index (χ0n) is 10.8. The zero-order valence-corrected chi connectivity index (χ0v) is 10.8. The average molecular weight is 238 g/mol. The van der Waals surface area contributed by atoms with Crippen molar-refractivity contribution < 1.29 is 9.63 Å². The number of hydroxylamine groups is 2. The van der Waals surface area contributed by atoms with Crippen LogP contribution in [0.15, 0.2) is 12.1 Å². The Morgan fingerprint density at radius 3 is 2.41 bits per heavy atom. The van der Waals surface area contributed by atoms with Gasteiger partial charge in [-0.1, -0.05) is 20.8 Å². The third-order valence-corrected chi connectivity index (χ3v) is 2.23. The van der Waals surface area contributed by atoms with Crippen molar-refractivity contribution in [1.82, 2.24) is 15.3 Å². The first-order chi connectivity index (χ1) is 7.84. The van der Waals surface area contributed by atoms with E-state index in [2.05, 4.69) is 15.5 Å². The molecular formula is C11H18N4O2. The van der Waals surface area contributed by atoms with Gasteiger partial charge in [-0.2, -0.15) is 5.10 Å². The van der Waals surface area contributed by atoms with Gasteiger partial charge in [0, 0.05) is 12.5 Å². The zero-order chi connectivity index (χ0) is 13.1. The average Bonchev–Trinajstić information content (AvgIpc) is 2.27. The molecule has 0 aliphatic heterocycles. The van der Waals surface area contributed by atoms with Crippen molar-refractivity contribution in [2.45, 2.75) is 26.2 Å². The first-order valence-corrected chi connectivity index (χ1v) is 5.27. The third kappa shape index (κ3) is 3.67. The van der Waals surface area contributed by atoms with E-state index in [4.69, 9.17) is 4.84 Å². The fraction of sp³-hybridized carbons (Fsp3) is 0.545. The van der Waals surface area contributed by atoms with Gasteiger partial charge in [0.05, 0.1) is 12.8 Å². The topological polar surface area (TPSA) is 67.3 Å². The number of hydrogen-bond donors (Lipinski definition) is 1. The summed E-state index contributed by atoms with van der Waals surface area (Å²) in [5.74, 6) is 0.395. The second-order valence-electron chi connectivity index (χ2n) is 4.66. The van der Waals surface area contributed by atoms with E-state index < -0.39 is 6.03 Å². The first-order valence-electron chi connectivity index (χ1n) is 5.27. The molecule has 17 heavy (non-hydrogen) atoms. The summed E-state index contributed by atoms with van der Waals surface area (Å²) in [6, 6.07) is 3.16. The van der Waals surface area contributed by atoms with Crippen molar-refractivity contribution in [3.8, 4) is 0 Å². The van der Waals surface area contributed by atoms with Gasteiger partial charge in [-0.25, -0.2) is 9.86 Å². The van der Waals surface area contributed by atoms with Gasteiger partial charge >= 0.3 is 6.03 Å². The van der Waals surface area contributed by atoms with E-state index in [0.29, 0.717) is 5.82 Å². The van der Waals surface area contributed by atoms with Crippen LogP contribution in [0.3, 0.4) is 0 Å². The number of nitrogens with zero attached hydrogens (tertiary/aromatic N) is 3. The molecule has 2 amide bonds. The number of aromatic nitrogens is 2. The molecular weight excluding hydrogens is 220 g/mol. The van der Waals surface area contributed by atoms with Gasteiger partial charge in [0.2, 0.25) is 0 Å². The van der Waals surface area contributed by atoms with E-state index in [-0.39, 0.29) is 5.41 Å². The van der Waals surface area contributed by atoms with Crippen LogP contribution in [0, 0.1) is 0 Å². The van der Waals surface area contributed by atoms with E-state index in [1.807, 2.05) is 26.8 Å². The van der Waals surface area contributed by atoms with E-state index in [9.17, 15) is 4.79 Å². The van der Waals surface area contributed by atoms with Gasteiger partial charge < -0.3 is 0 Å². The fourth-order valence-corrected chi connectivity index (χ4v) is 1.07. The molecule has 0 spiro atoms. The summed E-state index contributed by atoms with van der Waals surface area (Å²) >= 11 is 0. The largest absolute Gasteiger partial charge is 0.346 e. The molecule has 94 valence electrons. The molecule has 0 unspecified atom stereocenters. The van der Waals surface area contributed by atoms with Crippen molar-refractivity contribution in [3.63, 3.8) is 0 Å². The van der Waals surface area contributed by atoms with Gasteiger partial charge in [0.15, 0.2) is 5.82 Å². The molecule has 0 saturated heterocycles. The summed E-state index contributed by atoms with van der Waals surface area (Å²) in [5, 5.41) is 11.6. The second kappa shape index (κ2) is 5.09. The van der Waals surface area contributed by atoms with Crippen LogP contribution in [-0.4, -0.2) is 35.4 Å². The summed E-state index contributed by atoms with van der Waals surface area (Å²) in [6.45, 7) is 6.15. The quantitative estimate of drug-likeness (QED) is 0.798. The van der Waals surface area contributed by atoms with Crippen molar-refractivity contribution in [2.75, 3.05) is 19.5 Å². The van der Waals surface area contributed by atoms with Crippen LogP contribution in [0.1, 0.15) is 26.5 Å². The molecule has 0 saturated carbocycles. The minimum atomic E-state index is -0.398. The molecule has 0 bridgehead atoms. The number of nitrogens with one attached hydrogen (secondary N) is 1. The maximum atomic E-state index is 11.4. The number of anilines is 1. The Bertz CT molecular complexity index is 383. The van der Waals surface area contributed by atoms with Gasteiger partial charge in [-0.15, -0.1) is 5.10 Å². The lowest BCUT2D eigenvalue weighted by atomic mass is 9.92. The SMILES string of the molecule is CON(C)C(=O)Nc1ccc(C(C)(C)C)nn1. The highest BCUT2D eigenvalue weighted by Gasteiger charge is 2.16. The monoisotopic (exact) mass is 238 g/mol. The predicted octanol–water partition coefficient (Wildman–Crippen LogP) is 1.80. The Labute approximate surface area is 101 Å². The highest BCUT2D eigenvalue weighted by Crippen LogP contribution is 2.19. The summed E-state index contributed by atoms with van der Waals surface area (Å²) in [7, 11) is 2.92. The summed E-state index contributed by atoms with van der Waals surface area (Å²) in [4.78, 5) is 16.2. The molecule has 0 aromatic carbocycles. The Morgan fingerprint density at radius 1 is 1.35 bits per heavy atom. The molecule has 1 N–H and O–H groups in total. The van der Waals surface area contributed by atoms with Crippen LogP contribution in [0.5, 0.6) is 0 Å². The lowest BCUT2D eigenvalue weighted by Gasteiger charge is -2.17. The van der Waals surface area contributed by atoms with Crippen molar-refractivity contribution in [1.29, 1.82) is 0 Å². The normalized spacial score (nSPS) is 11.1. The summed E-state index contributed by atoms with van der Waals surface area (Å²) in [5.41, 5.74) is 0.814. The molecule has 0 atom stereocenters. The van der Waals surface area contributed by atoms with Crippen LogP contribution in [0.2, 0.25) is 0 Å². The Hall–Kier alpha value is -1.69. The van der Waals surface area contributed by atoms with E-state index in [0.717, 1.165) is 10.8 Å². The highest BCUT2D eigenvalue weighted by molar-refractivity contribution is 5.87. The van der Waals surface area contributed by atoms with Crippen molar-refractivity contribution in [3.05, 3.63) is 17.8 Å². The number of hydrogen-bond acceptors (Lipinski definition) is 4. The Balaban J connectivity index is 2.73. The molecule has 1 rings (SSSR count). The number of carbonyl (C=O) groups is 1. The molecule has 0 aliphatic carbocycles. The third-order valence-electron chi connectivity index (χ3n) is 2.23. The lowest BCUT2D eigenvalue weighted by Crippen LogP contribution is -2.30. The number of amides is 2. The first kappa shape index (κ1) is 13.4. The summed E-state index contributed by atoms with van der Waals surface area (Å²) < 4.78 is 0. The minimum absolute atomic E-state index is 0.0567. The number of urea groups is 1. The predicted molar refractivity (Wildman–Crippen MR) is 64.5 cm³/mol. The molecule has 0 fully saturated rings. The lowest BCUT2D eigenvalue weighted by molar-refractivity contribution is -0.0598. The van der Waals surface area contributed by atoms with Crippen LogP contribution < -0.4 is 5.32 Å². The minimum Gasteiger partial charge on any atom is -0.289 e. The second-order valence-corrected chi connectivity index (χ2v) is 4.66. The Morgan fingerprint density at radius 2 is 2.00 bits per heavy atom. The number of rotatable bonds is 2. The van der Waals surface area contributed by atoms with E-state index in [1.165, 1.54) is 14.2 Å². The van der Waals surface area contributed by atoms with Crippen LogP contribution in [0.4, 0.5) is 10.6 Å². The standard InChI is InChI=1S/C11H18N4O2/c1-11(2,3)8-6-7-9(14-13-8)12-10(16)15(4)17-5/h6-7H,1-5H3,(H,12,14,16). The molecule has 1 heterocycles. The highest BCUT2D eigenvalue weighted by atomic mass is 16.7. The molecule has 0 radical (unpaired) electrons. The number of carbonyl (C=O) groups excluding carboxylic acids is 1. The molecule has 6 nitrogen and oxygen atoms in total. The summed E-state index contributed by atoms with van der Waals surface area (Å²) in [6.07, 6.45) is 0. The molecule has 0 aliphatic rings. The van der Waals surface area contributed by atoms with Crippen LogP contribution >= 0.6 is 0 Å². The maximum Gasteiger partial charge on any atom is 0.346 e. The van der Waals surface area contributed by atoms with Crippen LogP contribution in [0.25, 0.3) is 0 Å². The van der Waals surface area contributed by atoms with Crippen LogP contribution in [-0.2, 0) is 10.3 Å². The van der Waals surface area contributed by atoms with E-state index in [1.54, 1.807) is 6.07 Å². The fourth-order valence-electron chi connectivity index (χ4n) is 1.07. The molecule has 1 aromatic heterocycles.